The Morgan fingerprint density at radius 1 is 1.12 bits per heavy atom. The van der Waals surface area contributed by atoms with Crippen molar-refractivity contribution in [3.63, 3.8) is 0 Å². The monoisotopic (exact) mass is 364 g/mol. The molecule has 1 aromatic carbocycles. The minimum Gasteiger partial charge on any atom is -0.480 e. The van der Waals surface area contributed by atoms with Gasteiger partial charge in [-0.1, -0.05) is 31.4 Å². The number of nitrogens with one attached hydrogen (secondary N) is 2. The van der Waals surface area contributed by atoms with Gasteiger partial charge in [0.15, 0.2) is 0 Å². The van der Waals surface area contributed by atoms with Crippen LogP contribution in [-0.4, -0.2) is 35.0 Å². The Labute approximate surface area is 152 Å². The molecule has 6 nitrogen and oxygen atoms in total. The van der Waals surface area contributed by atoms with Gasteiger partial charge in [0.25, 0.3) is 0 Å². The normalized spacial score (nSPS) is 17.2. The van der Waals surface area contributed by atoms with Crippen LogP contribution in [0.4, 0.5) is 4.39 Å². The average molecular weight is 364 g/mol. The number of carboxylic acid groups (broad SMARTS) is 1. The van der Waals surface area contributed by atoms with Crippen molar-refractivity contribution < 1.29 is 23.9 Å². The van der Waals surface area contributed by atoms with E-state index in [1.807, 2.05) is 0 Å². The van der Waals surface area contributed by atoms with E-state index in [-0.39, 0.29) is 12.3 Å². The Hall–Kier alpha value is -2.44. The van der Waals surface area contributed by atoms with Crippen LogP contribution in [0, 0.1) is 11.7 Å². The van der Waals surface area contributed by atoms with Gasteiger partial charge >= 0.3 is 5.97 Å². The lowest BCUT2D eigenvalue weighted by molar-refractivity contribution is -0.144. The maximum absolute atomic E-state index is 13.0. The zero-order chi connectivity index (χ0) is 19.1. The molecule has 0 heterocycles. The maximum Gasteiger partial charge on any atom is 0.326 e. The number of rotatable bonds is 7. The lowest BCUT2D eigenvalue weighted by atomic mass is 9.83. The van der Waals surface area contributed by atoms with Crippen LogP contribution < -0.4 is 10.6 Å². The van der Waals surface area contributed by atoms with E-state index < -0.39 is 35.7 Å². The number of carboxylic acids is 1. The predicted octanol–water partition coefficient (Wildman–Crippen LogP) is 2.02. The van der Waals surface area contributed by atoms with Crippen molar-refractivity contribution in [3.8, 4) is 0 Å². The SMILES string of the molecule is CC(=O)N[C@@H](Cc1ccc(F)cc1)C(=O)N[C@@H](C(=O)O)C1CCCCC1. The largest absolute Gasteiger partial charge is 0.480 e. The fourth-order valence-electron chi connectivity index (χ4n) is 3.41. The summed E-state index contributed by atoms with van der Waals surface area (Å²) >= 11 is 0. The summed E-state index contributed by atoms with van der Waals surface area (Å²) in [6.07, 6.45) is 4.67. The van der Waals surface area contributed by atoms with Crippen molar-refractivity contribution in [2.75, 3.05) is 0 Å². The lowest BCUT2D eigenvalue weighted by Crippen LogP contribution is -2.54. The topological polar surface area (TPSA) is 95.5 Å². The molecule has 1 saturated carbocycles. The average Bonchev–Trinajstić information content (AvgIpc) is 2.61. The molecule has 2 atom stereocenters. The molecule has 1 aromatic rings. The standard InChI is InChI=1S/C19H25FN2O4/c1-12(23)21-16(11-13-7-9-15(20)10-8-13)18(24)22-17(19(25)26)14-5-3-2-4-6-14/h7-10,14,16-17H,2-6,11H2,1H3,(H,21,23)(H,22,24)(H,25,26)/t16-,17+/m0/s1. The highest BCUT2D eigenvalue weighted by Gasteiger charge is 2.32. The highest BCUT2D eigenvalue weighted by molar-refractivity contribution is 5.90. The molecule has 7 heteroatoms. The molecule has 0 saturated heterocycles. The van der Waals surface area contributed by atoms with Crippen LogP contribution in [0.1, 0.15) is 44.6 Å². The smallest absolute Gasteiger partial charge is 0.326 e. The second kappa shape index (κ2) is 9.31. The van der Waals surface area contributed by atoms with Crippen molar-refractivity contribution in [1.29, 1.82) is 0 Å². The van der Waals surface area contributed by atoms with Crippen LogP contribution >= 0.6 is 0 Å². The van der Waals surface area contributed by atoms with Crippen LogP contribution in [0.25, 0.3) is 0 Å². The lowest BCUT2D eigenvalue weighted by Gasteiger charge is -2.29. The number of carbonyl (C=O) groups excluding carboxylic acids is 2. The van der Waals surface area contributed by atoms with Crippen molar-refractivity contribution in [2.45, 2.75) is 57.5 Å². The second-order valence-corrected chi connectivity index (χ2v) is 6.81. The van der Waals surface area contributed by atoms with Gasteiger partial charge in [-0.05, 0) is 36.5 Å². The van der Waals surface area contributed by atoms with Crippen LogP contribution in [0.15, 0.2) is 24.3 Å². The summed E-state index contributed by atoms with van der Waals surface area (Å²) in [5.41, 5.74) is 0.671. The van der Waals surface area contributed by atoms with Gasteiger partial charge in [-0.3, -0.25) is 9.59 Å². The quantitative estimate of drug-likeness (QED) is 0.690. The first kappa shape index (κ1) is 19.9. The first-order valence-corrected chi connectivity index (χ1v) is 8.91. The van der Waals surface area contributed by atoms with E-state index >= 15 is 0 Å². The van der Waals surface area contributed by atoms with Crippen molar-refractivity contribution in [2.24, 2.45) is 5.92 Å². The zero-order valence-corrected chi connectivity index (χ0v) is 14.8. The molecule has 0 unspecified atom stereocenters. The fourth-order valence-corrected chi connectivity index (χ4v) is 3.41. The summed E-state index contributed by atoms with van der Waals surface area (Å²) in [6.45, 7) is 1.29. The van der Waals surface area contributed by atoms with E-state index in [1.54, 1.807) is 0 Å². The van der Waals surface area contributed by atoms with Gasteiger partial charge < -0.3 is 15.7 Å². The van der Waals surface area contributed by atoms with E-state index in [9.17, 15) is 23.9 Å². The molecule has 26 heavy (non-hydrogen) atoms. The number of hydrogen-bond donors (Lipinski definition) is 3. The minimum absolute atomic E-state index is 0.103. The van der Waals surface area contributed by atoms with Gasteiger partial charge in [0.2, 0.25) is 11.8 Å². The van der Waals surface area contributed by atoms with Crippen molar-refractivity contribution >= 4 is 17.8 Å². The molecular weight excluding hydrogens is 339 g/mol. The number of amides is 2. The van der Waals surface area contributed by atoms with E-state index in [0.29, 0.717) is 5.56 Å². The van der Waals surface area contributed by atoms with E-state index in [4.69, 9.17) is 0 Å². The molecule has 0 radical (unpaired) electrons. The number of halogens is 1. The molecule has 2 rings (SSSR count). The Balaban J connectivity index is 2.09. The third-order valence-electron chi connectivity index (χ3n) is 4.73. The Morgan fingerprint density at radius 2 is 1.73 bits per heavy atom. The van der Waals surface area contributed by atoms with Crippen LogP contribution in [0.3, 0.4) is 0 Å². The molecule has 1 aliphatic rings. The summed E-state index contributed by atoms with van der Waals surface area (Å²) in [5.74, 6) is -2.49. The fraction of sp³-hybridized carbons (Fsp3) is 0.526. The summed E-state index contributed by atoms with van der Waals surface area (Å²) in [7, 11) is 0. The van der Waals surface area contributed by atoms with E-state index in [1.165, 1.54) is 31.2 Å². The third-order valence-corrected chi connectivity index (χ3v) is 4.73. The molecule has 0 aliphatic heterocycles. The van der Waals surface area contributed by atoms with E-state index in [2.05, 4.69) is 10.6 Å². The van der Waals surface area contributed by atoms with Gasteiger partial charge in [-0.25, -0.2) is 9.18 Å². The first-order valence-electron chi connectivity index (χ1n) is 8.91. The van der Waals surface area contributed by atoms with Crippen LogP contribution in [0.5, 0.6) is 0 Å². The number of hydrogen-bond acceptors (Lipinski definition) is 3. The summed E-state index contributed by atoms with van der Waals surface area (Å²) in [5, 5.41) is 14.7. The molecule has 0 aromatic heterocycles. The molecule has 2 amide bonds. The molecule has 142 valence electrons. The van der Waals surface area contributed by atoms with Crippen LogP contribution in [0.2, 0.25) is 0 Å². The van der Waals surface area contributed by atoms with Crippen LogP contribution in [-0.2, 0) is 20.8 Å². The Morgan fingerprint density at radius 3 is 2.27 bits per heavy atom. The van der Waals surface area contributed by atoms with Gasteiger partial charge in [-0.15, -0.1) is 0 Å². The summed E-state index contributed by atoms with van der Waals surface area (Å²) in [4.78, 5) is 35.7. The third kappa shape index (κ3) is 5.82. The predicted molar refractivity (Wildman–Crippen MR) is 93.9 cm³/mol. The van der Waals surface area contributed by atoms with Gasteiger partial charge in [0, 0.05) is 13.3 Å². The Kier molecular flexibility index (Phi) is 7.12. The Bertz CT molecular complexity index is 641. The highest BCUT2D eigenvalue weighted by Crippen LogP contribution is 2.26. The molecule has 3 N–H and O–H groups in total. The molecule has 0 bridgehead atoms. The maximum atomic E-state index is 13.0. The number of benzene rings is 1. The summed E-state index contributed by atoms with van der Waals surface area (Å²) < 4.78 is 13.0. The molecule has 1 aliphatic carbocycles. The number of aliphatic carboxylic acids is 1. The second-order valence-electron chi connectivity index (χ2n) is 6.81. The number of carbonyl (C=O) groups is 3. The molecular formula is C19H25FN2O4. The van der Waals surface area contributed by atoms with E-state index in [0.717, 1.165) is 32.1 Å². The van der Waals surface area contributed by atoms with Crippen molar-refractivity contribution in [1.82, 2.24) is 10.6 Å². The van der Waals surface area contributed by atoms with Gasteiger partial charge in [0.05, 0.1) is 0 Å². The van der Waals surface area contributed by atoms with Gasteiger partial charge in [0.1, 0.15) is 17.9 Å². The zero-order valence-electron chi connectivity index (χ0n) is 14.8. The first-order chi connectivity index (χ1) is 12.4. The molecule has 0 spiro atoms. The minimum atomic E-state index is -1.06. The highest BCUT2D eigenvalue weighted by atomic mass is 19.1. The molecule has 1 fully saturated rings. The van der Waals surface area contributed by atoms with Crippen molar-refractivity contribution in [3.05, 3.63) is 35.6 Å². The van der Waals surface area contributed by atoms with Gasteiger partial charge in [-0.2, -0.15) is 0 Å². The summed E-state index contributed by atoms with van der Waals surface area (Å²) in [6, 6.07) is 3.75.